The van der Waals surface area contributed by atoms with Crippen molar-refractivity contribution in [2.75, 3.05) is 13.2 Å². The molecule has 0 heterocycles. The number of nitrogens with one attached hydrogen (secondary N) is 1. The largest absolute Gasteiger partial charge is 0.405 e. The van der Waals surface area contributed by atoms with Crippen LogP contribution in [0.3, 0.4) is 0 Å². The number of hydrogen-bond acceptors (Lipinski definition) is 2. The second-order valence-electron chi connectivity index (χ2n) is 3.74. The van der Waals surface area contributed by atoms with Crippen molar-refractivity contribution in [1.82, 2.24) is 5.32 Å². The molecule has 0 unspecified atom stereocenters. The first kappa shape index (κ1) is 15.1. The molecule has 1 amide bonds. The third-order valence-corrected chi connectivity index (χ3v) is 2.33. The van der Waals surface area contributed by atoms with Gasteiger partial charge in [-0.25, -0.2) is 0 Å². The smallest absolute Gasteiger partial charge is 0.384 e. The predicted octanol–water partition coefficient (Wildman–Crippen LogP) is 1.63. The molecular weight excluding hydrogens is 259 g/mol. The predicted molar refractivity (Wildman–Crippen MR) is 63.5 cm³/mol. The fraction of sp³-hybridized carbons (Fsp3) is 0.308. The van der Waals surface area contributed by atoms with Crippen molar-refractivity contribution in [3.8, 4) is 11.8 Å². The maximum Gasteiger partial charge on any atom is 0.405 e. The van der Waals surface area contributed by atoms with E-state index in [0.717, 1.165) is 0 Å². The summed E-state index contributed by atoms with van der Waals surface area (Å²) < 4.78 is 36.0. The normalized spacial score (nSPS) is 10.6. The zero-order chi connectivity index (χ0) is 14.5. The second-order valence-corrected chi connectivity index (χ2v) is 3.74. The number of alkyl halides is 3. The molecule has 0 radical (unpaired) electrons. The van der Waals surface area contributed by atoms with E-state index in [0.29, 0.717) is 11.1 Å². The highest BCUT2D eigenvalue weighted by molar-refractivity contribution is 5.96. The van der Waals surface area contributed by atoms with E-state index in [2.05, 4.69) is 11.8 Å². The molecule has 0 saturated carbocycles. The Morgan fingerprint density at radius 1 is 1.42 bits per heavy atom. The summed E-state index contributed by atoms with van der Waals surface area (Å²) in [6.45, 7) is -0.119. The van der Waals surface area contributed by atoms with Crippen LogP contribution in [0.25, 0.3) is 0 Å². The lowest BCUT2D eigenvalue weighted by molar-refractivity contribution is -0.123. The summed E-state index contributed by atoms with van der Waals surface area (Å²) in [6.07, 6.45) is -4.45. The Morgan fingerprint density at radius 3 is 2.68 bits per heavy atom. The maximum atomic E-state index is 12.0. The Labute approximate surface area is 108 Å². The van der Waals surface area contributed by atoms with Crippen molar-refractivity contribution >= 4 is 5.91 Å². The summed E-state index contributed by atoms with van der Waals surface area (Å²) in [5.41, 5.74) is 1.10. The zero-order valence-corrected chi connectivity index (χ0v) is 10.1. The number of carbonyl (C=O) groups is 1. The van der Waals surface area contributed by atoms with Gasteiger partial charge in [-0.2, -0.15) is 13.2 Å². The molecule has 102 valence electrons. The van der Waals surface area contributed by atoms with Crippen LogP contribution in [-0.4, -0.2) is 30.3 Å². The molecule has 0 aromatic heterocycles. The van der Waals surface area contributed by atoms with Crippen molar-refractivity contribution in [2.45, 2.75) is 13.1 Å². The average molecular weight is 271 g/mol. The van der Waals surface area contributed by atoms with Crippen LogP contribution < -0.4 is 5.32 Å². The summed E-state index contributed by atoms with van der Waals surface area (Å²) in [5, 5.41) is 10.4. The van der Waals surface area contributed by atoms with Gasteiger partial charge in [-0.1, -0.05) is 17.9 Å². The summed E-state index contributed by atoms with van der Waals surface area (Å²) in [7, 11) is 0. The first-order valence-electron chi connectivity index (χ1n) is 5.39. The highest BCUT2D eigenvalue weighted by Crippen LogP contribution is 2.15. The molecule has 0 aliphatic carbocycles. The molecule has 0 saturated heterocycles. The molecule has 1 rings (SSSR count). The molecule has 0 aliphatic heterocycles. The first-order chi connectivity index (χ1) is 8.85. The van der Waals surface area contributed by atoms with Gasteiger partial charge in [-0.3, -0.25) is 4.79 Å². The van der Waals surface area contributed by atoms with Gasteiger partial charge in [0.05, 0.1) is 0 Å². The molecule has 1 aromatic rings. The Morgan fingerprint density at radius 2 is 2.11 bits per heavy atom. The van der Waals surface area contributed by atoms with Crippen LogP contribution in [0.5, 0.6) is 0 Å². The molecule has 1 aromatic carbocycles. The minimum Gasteiger partial charge on any atom is -0.384 e. The molecule has 3 nitrogen and oxygen atoms in total. The lowest BCUT2D eigenvalue weighted by Gasteiger charge is -2.10. The zero-order valence-electron chi connectivity index (χ0n) is 10.1. The highest BCUT2D eigenvalue weighted by Gasteiger charge is 2.28. The van der Waals surface area contributed by atoms with Crippen LogP contribution in [0.2, 0.25) is 0 Å². The monoisotopic (exact) mass is 271 g/mol. The number of aliphatic hydroxyl groups is 1. The fourth-order valence-corrected chi connectivity index (χ4v) is 1.43. The van der Waals surface area contributed by atoms with Gasteiger partial charge in [-0.05, 0) is 24.6 Å². The van der Waals surface area contributed by atoms with E-state index >= 15 is 0 Å². The Kier molecular flexibility index (Phi) is 4.95. The van der Waals surface area contributed by atoms with E-state index in [1.807, 2.05) is 0 Å². The number of rotatable bonds is 2. The van der Waals surface area contributed by atoms with Crippen molar-refractivity contribution < 1.29 is 23.1 Å². The van der Waals surface area contributed by atoms with Gasteiger partial charge < -0.3 is 10.4 Å². The van der Waals surface area contributed by atoms with Gasteiger partial charge in [0.25, 0.3) is 5.91 Å². The number of aliphatic hydroxyl groups excluding tert-OH is 1. The third-order valence-electron chi connectivity index (χ3n) is 2.33. The third kappa shape index (κ3) is 4.64. The van der Waals surface area contributed by atoms with Crippen molar-refractivity contribution in [3.05, 3.63) is 34.9 Å². The highest BCUT2D eigenvalue weighted by atomic mass is 19.4. The number of amides is 1. The van der Waals surface area contributed by atoms with Gasteiger partial charge in [0, 0.05) is 11.1 Å². The number of benzene rings is 1. The number of halogens is 3. The van der Waals surface area contributed by atoms with Crippen molar-refractivity contribution in [2.24, 2.45) is 0 Å². The summed E-state index contributed by atoms with van der Waals surface area (Å²) in [6, 6.07) is 4.57. The Bertz CT molecular complexity index is 527. The Balaban J connectivity index is 2.92. The molecule has 19 heavy (non-hydrogen) atoms. The van der Waals surface area contributed by atoms with Crippen molar-refractivity contribution in [3.63, 3.8) is 0 Å². The van der Waals surface area contributed by atoms with E-state index in [9.17, 15) is 18.0 Å². The van der Waals surface area contributed by atoms with Crippen LogP contribution in [0.15, 0.2) is 18.2 Å². The van der Waals surface area contributed by atoms with Crippen molar-refractivity contribution in [1.29, 1.82) is 0 Å². The summed E-state index contributed by atoms with van der Waals surface area (Å²) >= 11 is 0. The second kappa shape index (κ2) is 6.25. The Hall–Kier alpha value is -2.00. The lowest BCUT2D eigenvalue weighted by Crippen LogP contribution is -2.34. The minimum absolute atomic E-state index is 0.133. The molecule has 6 heteroatoms. The van der Waals surface area contributed by atoms with Crippen LogP contribution >= 0.6 is 0 Å². The van der Waals surface area contributed by atoms with Gasteiger partial charge in [0.15, 0.2) is 0 Å². The fourth-order valence-electron chi connectivity index (χ4n) is 1.43. The molecular formula is C13H12F3NO2. The quantitative estimate of drug-likeness (QED) is 0.803. The van der Waals surface area contributed by atoms with Crippen LogP contribution in [0, 0.1) is 18.8 Å². The summed E-state index contributed by atoms with van der Waals surface area (Å²) in [5.74, 6) is 4.25. The standard InChI is InChI=1S/C13H12F3NO2/c1-9-10(5-3-7-18)4-2-6-11(9)12(19)17-8-13(14,15)16/h2,4,6,18H,7-8H2,1H3,(H,17,19). The van der Waals surface area contributed by atoms with Gasteiger partial charge in [0.2, 0.25) is 0 Å². The van der Waals surface area contributed by atoms with E-state index in [1.165, 1.54) is 12.1 Å². The maximum absolute atomic E-state index is 12.0. The molecule has 0 fully saturated rings. The van der Waals surface area contributed by atoms with E-state index in [-0.39, 0.29) is 12.2 Å². The molecule has 0 spiro atoms. The number of carbonyl (C=O) groups excluding carboxylic acids is 1. The van der Waals surface area contributed by atoms with Gasteiger partial charge >= 0.3 is 6.18 Å². The first-order valence-corrected chi connectivity index (χ1v) is 5.39. The molecule has 0 aliphatic rings. The van der Waals surface area contributed by atoms with E-state index in [1.54, 1.807) is 18.3 Å². The molecule has 2 N–H and O–H groups in total. The average Bonchev–Trinajstić information content (AvgIpc) is 2.34. The minimum atomic E-state index is -4.45. The summed E-state index contributed by atoms with van der Waals surface area (Å²) in [4.78, 5) is 11.6. The molecule has 0 bridgehead atoms. The lowest BCUT2D eigenvalue weighted by atomic mass is 10.0. The van der Waals surface area contributed by atoms with Gasteiger partial charge in [0.1, 0.15) is 13.2 Å². The SMILES string of the molecule is Cc1c(C#CCO)cccc1C(=O)NCC(F)(F)F. The van der Waals surface area contributed by atoms with Gasteiger partial charge in [-0.15, -0.1) is 0 Å². The molecule has 0 atom stereocenters. The van der Waals surface area contributed by atoms with Crippen LogP contribution in [0.1, 0.15) is 21.5 Å². The van der Waals surface area contributed by atoms with E-state index in [4.69, 9.17) is 5.11 Å². The van der Waals surface area contributed by atoms with Crippen LogP contribution in [0.4, 0.5) is 13.2 Å². The van der Waals surface area contributed by atoms with E-state index < -0.39 is 18.6 Å². The topological polar surface area (TPSA) is 49.3 Å². The van der Waals surface area contributed by atoms with Crippen LogP contribution in [-0.2, 0) is 0 Å². The number of hydrogen-bond donors (Lipinski definition) is 2.